The molecule has 0 spiro atoms. The molecule has 178 valence electrons. The smallest absolute Gasteiger partial charge is 0.277 e. The van der Waals surface area contributed by atoms with E-state index in [0.717, 1.165) is 12.3 Å². The summed E-state index contributed by atoms with van der Waals surface area (Å²) < 4.78 is 44.4. The second-order valence-electron chi connectivity index (χ2n) is 6.32. The number of hydroxylamine groups is 1. The molecule has 0 aromatic heterocycles. The highest BCUT2D eigenvalue weighted by Crippen LogP contribution is 2.30. The highest BCUT2D eigenvalue weighted by Gasteiger charge is 2.23. The predicted octanol–water partition coefficient (Wildman–Crippen LogP) is 2.59. The lowest BCUT2D eigenvalue weighted by molar-refractivity contribution is -0.119. The van der Waals surface area contributed by atoms with Crippen LogP contribution in [0.25, 0.3) is 0 Å². The van der Waals surface area contributed by atoms with Crippen molar-refractivity contribution in [3.8, 4) is 0 Å². The van der Waals surface area contributed by atoms with Crippen LogP contribution in [0, 0.1) is 21.0 Å². The number of hydrogen-bond donors (Lipinski definition) is 4. The molecule has 2 aromatic rings. The number of hydrogen-bond acceptors (Lipinski definition) is 7. The number of nitrogens with one attached hydrogen (secondary N) is 3. The van der Waals surface area contributed by atoms with Gasteiger partial charge in [0.05, 0.1) is 42.9 Å². The summed E-state index contributed by atoms with van der Waals surface area (Å²) in [6.07, 6.45) is 0.840. The lowest BCUT2D eigenvalue weighted by atomic mass is 10.1. The Kier molecular flexibility index (Phi) is 10.3. The number of amides is 2. The topological polar surface area (TPSA) is 121 Å². The largest absolute Gasteiger partial charge is 0.394 e. The summed E-state index contributed by atoms with van der Waals surface area (Å²) in [4.78, 5) is 32.9. The molecular weight excluding hydrogens is 560 g/mol. The Morgan fingerprint density at radius 1 is 1.18 bits per heavy atom. The zero-order valence-electron chi connectivity index (χ0n) is 17.3. The van der Waals surface area contributed by atoms with Crippen LogP contribution in [0.2, 0.25) is 0 Å². The van der Waals surface area contributed by atoms with Crippen molar-refractivity contribution in [3.63, 3.8) is 0 Å². The summed E-state index contributed by atoms with van der Waals surface area (Å²) >= 11 is 1.88. The van der Waals surface area contributed by atoms with Gasteiger partial charge in [0.25, 0.3) is 5.91 Å². The molecule has 13 heteroatoms. The molecular formula is C20H20F3IN4O5. The van der Waals surface area contributed by atoms with E-state index < -0.39 is 46.8 Å². The van der Waals surface area contributed by atoms with Gasteiger partial charge in [-0.3, -0.25) is 14.4 Å². The quantitative estimate of drug-likeness (QED) is 0.140. The van der Waals surface area contributed by atoms with Gasteiger partial charge in [0.2, 0.25) is 5.91 Å². The molecule has 33 heavy (non-hydrogen) atoms. The van der Waals surface area contributed by atoms with E-state index in [0.29, 0.717) is 3.57 Å². The SMILES string of the molecule is CC(=O)NCCON=Cc1cc(C(=O)NOCCO)c(Nc2ccc(I)cc2F)c(F)c1F. The van der Waals surface area contributed by atoms with Gasteiger partial charge in [-0.15, -0.1) is 0 Å². The minimum absolute atomic E-state index is 0.0335. The van der Waals surface area contributed by atoms with E-state index in [9.17, 15) is 22.8 Å². The zero-order chi connectivity index (χ0) is 24.4. The zero-order valence-corrected chi connectivity index (χ0v) is 19.4. The van der Waals surface area contributed by atoms with Crippen molar-refractivity contribution >= 4 is 52.0 Å². The average molecular weight is 580 g/mol. The minimum atomic E-state index is -1.47. The van der Waals surface area contributed by atoms with Gasteiger partial charge in [-0.2, -0.15) is 0 Å². The fraction of sp³-hybridized carbons (Fsp3) is 0.250. The van der Waals surface area contributed by atoms with Crippen LogP contribution in [0.3, 0.4) is 0 Å². The van der Waals surface area contributed by atoms with Gasteiger partial charge in [0.15, 0.2) is 11.6 Å². The predicted molar refractivity (Wildman–Crippen MR) is 121 cm³/mol. The van der Waals surface area contributed by atoms with Gasteiger partial charge in [0, 0.05) is 16.1 Å². The molecule has 0 bridgehead atoms. The number of nitrogens with zero attached hydrogens (tertiary/aromatic N) is 1. The normalized spacial score (nSPS) is 10.8. The van der Waals surface area contributed by atoms with E-state index >= 15 is 0 Å². The highest BCUT2D eigenvalue weighted by molar-refractivity contribution is 14.1. The summed E-state index contributed by atoms with van der Waals surface area (Å²) in [5, 5.41) is 17.1. The van der Waals surface area contributed by atoms with Crippen LogP contribution in [-0.2, 0) is 14.5 Å². The Morgan fingerprint density at radius 3 is 2.61 bits per heavy atom. The molecule has 0 aliphatic rings. The molecule has 0 unspecified atom stereocenters. The number of oxime groups is 1. The first-order valence-electron chi connectivity index (χ1n) is 9.41. The van der Waals surface area contributed by atoms with Gasteiger partial charge >= 0.3 is 0 Å². The van der Waals surface area contributed by atoms with Crippen LogP contribution in [0.5, 0.6) is 0 Å². The summed E-state index contributed by atoms with van der Waals surface area (Å²) in [5.41, 5.74) is 0.285. The van der Waals surface area contributed by atoms with Gasteiger partial charge in [-0.1, -0.05) is 5.16 Å². The fourth-order valence-corrected chi connectivity index (χ4v) is 2.86. The average Bonchev–Trinajstić information content (AvgIpc) is 2.76. The minimum Gasteiger partial charge on any atom is -0.394 e. The first kappa shape index (κ1) is 26.3. The first-order chi connectivity index (χ1) is 15.7. The lowest BCUT2D eigenvalue weighted by Gasteiger charge is -2.15. The molecule has 2 amide bonds. The molecule has 9 nitrogen and oxygen atoms in total. The summed E-state index contributed by atoms with van der Waals surface area (Å²) in [5.74, 6) is -4.85. The third kappa shape index (κ3) is 7.87. The van der Waals surface area contributed by atoms with Crippen LogP contribution >= 0.6 is 22.6 Å². The van der Waals surface area contributed by atoms with E-state index in [-0.39, 0.29) is 31.4 Å². The number of carbonyl (C=O) groups is 2. The third-order valence-electron chi connectivity index (χ3n) is 3.86. The number of benzene rings is 2. The van der Waals surface area contributed by atoms with Gasteiger partial charge in [0.1, 0.15) is 12.4 Å². The van der Waals surface area contributed by atoms with Crippen molar-refractivity contribution in [2.75, 3.05) is 31.7 Å². The molecule has 0 atom stereocenters. The van der Waals surface area contributed by atoms with Crippen molar-refractivity contribution in [2.45, 2.75) is 6.92 Å². The molecule has 0 saturated carbocycles. The molecule has 2 rings (SSSR count). The molecule has 0 radical (unpaired) electrons. The standard InChI is InChI=1S/C20H20F3IN4O5/c1-11(30)25-4-6-32-26-10-12-8-14(20(31)28-33-7-5-29)19(18(23)17(12)22)27-16-3-2-13(24)9-15(16)21/h2-3,8-10,27,29H,4-7H2,1H3,(H,25,30)(H,28,31). The fourth-order valence-electron chi connectivity index (χ4n) is 2.40. The van der Waals surface area contributed by atoms with Crippen molar-refractivity contribution in [3.05, 3.63) is 56.4 Å². The Bertz CT molecular complexity index is 1040. The van der Waals surface area contributed by atoms with E-state index in [4.69, 9.17) is 14.8 Å². The van der Waals surface area contributed by atoms with Gasteiger partial charge in [-0.25, -0.2) is 18.7 Å². The van der Waals surface area contributed by atoms with Crippen LogP contribution in [0.15, 0.2) is 29.4 Å². The Morgan fingerprint density at radius 2 is 1.94 bits per heavy atom. The lowest BCUT2D eigenvalue weighted by Crippen LogP contribution is -2.26. The van der Waals surface area contributed by atoms with E-state index in [1.807, 2.05) is 28.1 Å². The van der Waals surface area contributed by atoms with Crippen LogP contribution in [0.4, 0.5) is 24.5 Å². The molecule has 0 aliphatic carbocycles. The van der Waals surface area contributed by atoms with Crippen LogP contribution in [-0.4, -0.2) is 49.5 Å². The molecule has 0 aliphatic heterocycles. The van der Waals surface area contributed by atoms with E-state index in [1.165, 1.54) is 25.1 Å². The molecule has 0 saturated heterocycles. The second kappa shape index (κ2) is 13.0. The number of rotatable bonds is 11. The van der Waals surface area contributed by atoms with Crippen molar-refractivity contribution in [1.82, 2.24) is 10.8 Å². The molecule has 4 N–H and O–H groups in total. The van der Waals surface area contributed by atoms with Crippen molar-refractivity contribution in [2.24, 2.45) is 5.16 Å². The Balaban J connectivity index is 2.35. The maximum atomic E-state index is 14.9. The number of halogens is 4. The third-order valence-corrected chi connectivity index (χ3v) is 4.53. The molecule has 0 heterocycles. The number of aliphatic hydroxyl groups is 1. The number of aliphatic hydroxyl groups excluding tert-OH is 1. The summed E-state index contributed by atoms with van der Waals surface area (Å²) in [6, 6.07) is 4.96. The van der Waals surface area contributed by atoms with Gasteiger partial charge < -0.3 is 20.6 Å². The Hall–Kier alpha value is -2.91. The summed E-state index contributed by atoms with van der Waals surface area (Å²) in [7, 11) is 0. The maximum absolute atomic E-state index is 14.9. The van der Waals surface area contributed by atoms with Crippen LogP contribution < -0.4 is 16.1 Å². The van der Waals surface area contributed by atoms with Gasteiger partial charge in [-0.05, 0) is 46.9 Å². The molecule has 2 aromatic carbocycles. The number of anilines is 2. The van der Waals surface area contributed by atoms with Crippen molar-refractivity contribution in [1.29, 1.82) is 0 Å². The van der Waals surface area contributed by atoms with E-state index in [2.05, 4.69) is 15.8 Å². The van der Waals surface area contributed by atoms with E-state index in [1.54, 1.807) is 0 Å². The maximum Gasteiger partial charge on any atom is 0.277 e. The highest BCUT2D eigenvalue weighted by atomic mass is 127. The first-order valence-corrected chi connectivity index (χ1v) is 10.5. The monoisotopic (exact) mass is 580 g/mol. The number of carbonyl (C=O) groups excluding carboxylic acids is 2. The second-order valence-corrected chi connectivity index (χ2v) is 7.57. The molecule has 0 fully saturated rings. The Labute approximate surface area is 200 Å². The van der Waals surface area contributed by atoms with Crippen LogP contribution in [0.1, 0.15) is 22.8 Å². The summed E-state index contributed by atoms with van der Waals surface area (Å²) in [6.45, 7) is 0.777. The van der Waals surface area contributed by atoms with Crippen molar-refractivity contribution < 1.29 is 37.5 Å².